The topological polar surface area (TPSA) is 119 Å². The number of fused-ring (bicyclic) bond motifs is 1. The Kier molecular flexibility index (Phi) is 7.32. The number of para-hydroxylation sites is 1. The van der Waals surface area contributed by atoms with Crippen LogP contribution in [0.4, 0.5) is 0 Å². The maximum atomic E-state index is 12.8. The molecule has 37 heavy (non-hydrogen) atoms. The molecule has 5 rings (SSSR count). The van der Waals surface area contributed by atoms with Gasteiger partial charge < -0.3 is 14.4 Å². The molecule has 0 fully saturated rings. The van der Waals surface area contributed by atoms with E-state index in [1.165, 1.54) is 0 Å². The molecule has 0 atom stereocenters. The first-order chi connectivity index (χ1) is 18.2. The number of rotatable bonds is 10. The van der Waals surface area contributed by atoms with Gasteiger partial charge in [-0.1, -0.05) is 67.9 Å². The van der Waals surface area contributed by atoms with Crippen molar-refractivity contribution in [1.29, 1.82) is 0 Å². The summed E-state index contributed by atoms with van der Waals surface area (Å²) in [5.74, 6) is 1.09. The number of aromatic nitrogens is 6. The number of imidazole rings is 1. The molecule has 0 unspecified atom stereocenters. The average molecular weight is 497 g/mol. The number of aromatic amines is 1. The summed E-state index contributed by atoms with van der Waals surface area (Å²) in [6.45, 7) is 2.45. The molecule has 2 aromatic heterocycles. The number of carbonyl (C=O) groups is 1. The third-order valence-electron chi connectivity index (χ3n) is 6.28. The van der Waals surface area contributed by atoms with Crippen LogP contribution < -0.4 is 0 Å². The SMILES string of the molecule is CCCCc1nc2cccc(C(=O)OCCO)c2n1Cc1ccc(-c2ccccc2-c2nnn[nH]2)cc1. The number of nitrogens with one attached hydrogen (secondary N) is 1. The molecule has 0 bridgehead atoms. The van der Waals surface area contributed by atoms with E-state index < -0.39 is 5.97 Å². The number of hydrogen-bond donors (Lipinski definition) is 2. The van der Waals surface area contributed by atoms with Crippen molar-refractivity contribution in [3.05, 3.63) is 83.7 Å². The minimum Gasteiger partial charge on any atom is -0.460 e. The van der Waals surface area contributed by atoms with E-state index in [-0.39, 0.29) is 13.2 Å². The number of aliphatic hydroxyl groups excluding tert-OH is 1. The number of carbonyl (C=O) groups excluding carboxylic acids is 1. The summed E-state index contributed by atoms with van der Waals surface area (Å²) in [4.78, 5) is 17.6. The van der Waals surface area contributed by atoms with Gasteiger partial charge in [-0.2, -0.15) is 0 Å². The van der Waals surface area contributed by atoms with E-state index in [9.17, 15) is 4.79 Å². The highest BCUT2D eigenvalue weighted by Gasteiger charge is 2.19. The molecule has 0 aliphatic rings. The number of tetrazole rings is 1. The maximum absolute atomic E-state index is 12.8. The molecule has 0 saturated carbocycles. The molecule has 9 nitrogen and oxygen atoms in total. The Morgan fingerprint density at radius 3 is 2.57 bits per heavy atom. The van der Waals surface area contributed by atoms with Gasteiger partial charge in [0.25, 0.3) is 0 Å². The normalized spacial score (nSPS) is 11.2. The number of benzene rings is 3. The smallest absolute Gasteiger partial charge is 0.340 e. The number of aliphatic hydroxyl groups is 1. The number of ether oxygens (including phenoxy) is 1. The van der Waals surface area contributed by atoms with Gasteiger partial charge in [0, 0.05) is 18.5 Å². The fourth-order valence-electron chi connectivity index (χ4n) is 4.50. The second-order valence-corrected chi connectivity index (χ2v) is 8.74. The first kappa shape index (κ1) is 24.3. The van der Waals surface area contributed by atoms with Gasteiger partial charge in [-0.25, -0.2) is 14.9 Å². The molecule has 0 aliphatic carbocycles. The van der Waals surface area contributed by atoms with Crippen LogP contribution in [0.25, 0.3) is 33.5 Å². The van der Waals surface area contributed by atoms with Crippen molar-refractivity contribution in [3.63, 3.8) is 0 Å². The molecule has 0 saturated heterocycles. The molecular weight excluding hydrogens is 468 g/mol. The summed E-state index contributed by atoms with van der Waals surface area (Å²) in [6, 6.07) is 21.8. The Morgan fingerprint density at radius 2 is 1.84 bits per heavy atom. The van der Waals surface area contributed by atoms with Crippen molar-refractivity contribution in [2.24, 2.45) is 0 Å². The number of H-pyrrole nitrogens is 1. The second-order valence-electron chi connectivity index (χ2n) is 8.74. The standard InChI is InChI=1S/C28H28N6O3/c1-2-3-11-25-29-24-10-6-9-23(28(36)37-17-16-35)26(24)34(25)18-19-12-14-20(15-13-19)21-7-4-5-8-22(21)27-30-32-33-31-27/h4-10,12-15,35H,2-3,11,16-18H2,1H3,(H,30,31,32,33). The summed E-state index contributed by atoms with van der Waals surface area (Å²) in [6.07, 6.45) is 2.86. The van der Waals surface area contributed by atoms with E-state index >= 15 is 0 Å². The number of aryl methyl sites for hydroxylation is 1. The van der Waals surface area contributed by atoms with Crippen LogP contribution in [0.15, 0.2) is 66.7 Å². The third kappa shape index (κ3) is 5.12. The summed E-state index contributed by atoms with van der Waals surface area (Å²) in [5, 5.41) is 23.4. The van der Waals surface area contributed by atoms with Gasteiger partial charge >= 0.3 is 5.97 Å². The molecule has 5 aromatic rings. The van der Waals surface area contributed by atoms with Crippen molar-refractivity contribution in [1.82, 2.24) is 30.2 Å². The van der Waals surface area contributed by atoms with Gasteiger partial charge in [0.2, 0.25) is 0 Å². The molecule has 2 heterocycles. The van der Waals surface area contributed by atoms with Crippen molar-refractivity contribution in [3.8, 4) is 22.5 Å². The predicted molar refractivity (Wildman–Crippen MR) is 140 cm³/mol. The number of hydrogen-bond acceptors (Lipinski definition) is 7. The zero-order chi connectivity index (χ0) is 25.6. The zero-order valence-corrected chi connectivity index (χ0v) is 20.6. The molecule has 2 N–H and O–H groups in total. The molecule has 3 aromatic carbocycles. The summed E-state index contributed by atoms with van der Waals surface area (Å²) < 4.78 is 7.36. The Balaban J connectivity index is 1.50. The number of unbranched alkanes of at least 4 members (excludes halogenated alkanes) is 1. The highest BCUT2D eigenvalue weighted by Crippen LogP contribution is 2.30. The summed E-state index contributed by atoms with van der Waals surface area (Å²) in [5.41, 5.74) is 6.04. The van der Waals surface area contributed by atoms with Gasteiger partial charge in [-0.3, -0.25) is 0 Å². The first-order valence-electron chi connectivity index (χ1n) is 12.4. The lowest BCUT2D eigenvalue weighted by Gasteiger charge is -2.13. The zero-order valence-electron chi connectivity index (χ0n) is 20.6. The van der Waals surface area contributed by atoms with E-state index in [2.05, 4.69) is 56.4 Å². The molecule has 188 valence electrons. The van der Waals surface area contributed by atoms with E-state index in [0.717, 1.165) is 58.4 Å². The molecular formula is C28H28N6O3. The van der Waals surface area contributed by atoms with Crippen molar-refractivity contribution in [2.45, 2.75) is 32.7 Å². The number of esters is 1. The molecule has 9 heteroatoms. The van der Waals surface area contributed by atoms with Crippen LogP contribution >= 0.6 is 0 Å². The Bertz CT molecular complexity index is 1490. The van der Waals surface area contributed by atoms with Crippen LogP contribution in [-0.2, 0) is 17.7 Å². The average Bonchev–Trinajstić information content (AvgIpc) is 3.59. The van der Waals surface area contributed by atoms with Crippen LogP contribution in [0, 0.1) is 0 Å². The van der Waals surface area contributed by atoms with Crippen molar-refractivity contribution in [2.75, 3.05) is 13.2 Å². The predicted octanol–water partition coefficient (Wildman–Crippen LogP) is 4.42. The molecule has 0 spiro atoms. The Labute approximate surface area is 214 Å². The first-order valence-corrected chi connectivity index (χ1v) is 12.4. The lowest BCUT2D eigenvalue weighted by Crippen LogP contribution is -2.12. The highest BCUT2D eigenvalue weighted by atomic mass is 16.5. The van der Waals surface area contributed by atoms with E-state index in [1.54, 1.807) is 6.07 Å². The quantitative estimate of drug-likeness (QED) is 0.275. The van der Waals surface area contributed by atoms with Crippen LogP contribution in [-0.4, -0.2) is 54.5 Å². The van der Waals surface area contributed by atoms with Crippen LogP contribution in [0.5, 0.6) is 0 Å². The van der Waals surface area contributed by atoms with Gasteiger partial charge in [0.15, 0.2) is 5.82 Å². The summed E-state index contributed by atoms with van der Waals surface area (Å²) in [7, 11) is 0. The Hall–Kier alpha value is -4.37. The van der Waals surface area contributed by atoms with Crippen molar-refractivity contribution < 1.29 is 14.6 Å². The van der Waals surface area contributed by atoms with Gasteiger partial charge in [0.05, 0.1) is 23.2 Å². The molecule has 0 amide bonds. The molecule has 0 aliphatic heterocycles. The van der Waals surface area contributed by atoms with Gasteiger partial charge in [-0.15, -0.1) is 5.10 Å². The number of nitrogens with zero attached hydrogens (tertiary/aromatic N) is 5. The van der Waals surface area contributed by atoms with Crippen molar-refractivity contribution >= 4 is 17.0 Å². The van der Waals surface area contributed by atoms with Crippen LogP contribution in [0.3, 0.4) is 0 Å². The largest absolute Gasteiger partial charge is 0.460 e. The van der Waals surface area contributed by atoms with Gasteiger partial charge in [0.1, 0.15) is 12.4 Å². The third-order valence-corrected chi connectivity index (χ3v) is 6.28. The van der Waals surface area contributed by atoms with E-state index in [0.29, 0.717) is 17.9 Å². The fraction of sp³-hybridized carbons (Fsp3) is 0.250. The second kappa shape index (κ2) is 11.1. The Morgan fingerprint density at radius 1 is 1.03 bits per heavy atom. The van der Waals surface area contributed by atoms with E-state index in [1.807, 2.05) is 36.4 Å². The monoisotopic (exact) mass is 496 g/mol. The lowest BCUT2D eigenvalue weighted by atomic mass is 9.98. The minimum absolute atomic E-state index is 0.0425. The molecule has 0 radical (unpaired) electrons. The highest BCUT2D eigenvalue weighted by molar-refractivity contribution is 6.02. The van der Waals surface area contributed by atoms with Gasteiger partial charge in [-0.05, 0) is 45.7 Å². The van der Waals surface area contributed by atoms with E-state index in [4.69, 9.17) is 14.8 Å². The van der Waals surface area contributed by atoms with Crippen LogP contribution in [0.1, 0.15) is 41.5 Å². The summed E-state index contributed by atoms with van der Waals surface area (Å²) >= 11 is 0. The van der Waals surface area contributed by atoms with Crippen LogP contribution in [0.2, 0.25) is 0 Å². The minimum atomic E-state index is -0.461. The maximum Gasteiger partial charge on any atom is 0.340 e. The fourth-order valence-corrected chi connectivity index (χ4v) is 4.50. The lowest BCUT2D eigenvalue weighted by molar-refractivity contribution is 0.0435.